The first-order valence-corrected chi connectivity index (χ1v) is 9.14. The van der Waals surface area contributed by atoms with Gasteiger partial charge in [0.2, 0.25) is 6.23 Å². The van der Waals surface area contributed by atoms with Crippen LogP contribution in [-0.4, -0.2) is 15.8 Å². The molecule has 0 spiro atoms. The lowest BCUT2D eigenvalue weighted by Gasteiger charge is -2.37. The van der Waals surface area contributed by atoms with Gasteiger partial charge in [-0.3, -0.25) is 0 Å². The number of hydrogen-bond acceptors (Lipinski definition) is 5. The quantitative estimate of drug-likeness (QED) is 0.664. The predicted octanol–water partition coefficient (Wildman–Crippen LogP) is 5.19. The second kappa shape index (κ2) is 6.06. The van der Waals surface area contributed by atoms with E-state index in [0.29, 0.717) is 17.2 Å². The molecule has 2 aromatic carbocycles. The second-order valence-corrected chi connectivity index (χ2v) is 7.23. The third-order valence-electron chi connectivity index (χ3n) is 4.94. The van der Waals surface area contributed by atoms with E-state index in [4.69, 9.17) is 25.9 Å². The zero-order valence-corrected chi connectivity index (χ0v) is 15.3. The number of aromatic hydroxyl groups is 1. The van der Waals surface area contributed by atoms with Gasteiger partial charge in [0.05, 0.1) is 11.8 Å². The monoisotopic (exact) mass is 380 g/mol. The second-order valence-electron chi connectivity index (χ2n) is 6.80. The van der Waals surface area contributed by atoms with Gasteiger partial charge in [0.25, 0.3) is 0 Å². The SMILES string of the molecule is Cc1ccc([C@H]2Oc3ccc(Cl)cc3[C@@H]3CC(c4cccc(O)c4)=NN23)o1. The Morgan fingerprint density at radius 3 is 2.81 bits per heavy atom. The number of phenolic OH excluding ortho intramolecular Hbond substituents is 1. The van der Waals surface area contributed by atoms with E-state index in [0.717, 1.165) is 28.3 Å². The Hall–Kier alpha value is -2.92. The van der Waals surface area contributed by atoms with E-state index in [2.05, 4.69) is 0 Å². The molecular formula is C21H17ClN2O3. The summed E-state index contributed by atoms with van der Waals surface area (Å²) < 4.78 is 12.1. The van der Waals surface area contributed by atoms with Crippen molar-refractivity contribution >= 4 is 17.3 Å². The molecule has 0 bridgehead atoms. The van der Waals surface area contributed by atoms with E-state index >= 15 is 0 Å². The highest BCUT2D eigenvalue weighted by molar-refractivity contribution is 6.30. The minimum atomic E-state index is -0.452. The Balaban J connectivity index is 1.61. The number of rotatable bonds is 2. The number of nitrogens with zero attached hydrogens (tertiary/aromatic N) is 2. The molecule has 6 heteroatoms. The number of benzene rings is 2. The summed E-state index contributed by atoms with van der Waals surface area (Å²) in [7, 11) is 0. The van der Waals surface area contributed by atoms with Crippen LogP contribution in [0.3, 0.4) is 0 Å². The van der Waals surface area contributed by atoms with Crippen LogP contribution in [0.25, 0.3) is 0 Å². The van der Waals surface area contributed by atoms with E-state index in [9.17, 15) is 5.11 Å². The Morgan fingerprint density at radius 1 is 1.15 bits per heavy atom. The molecule has 2 aliphatic heterocycles. The Bertz CT molecular complexity index is 1060. The fourth-order valence-electron chi connectivity index (χ4n) is 3.69. The number of hydrogen-bond donors (Lipinski definition) is 1. The lowest BCUT2D eigenvalue weighted by molar-refractivity contribution is -0.0329. The van der Waals surface area contributed by atoms with Crippen LogP contribution < -0.4 is 4.74 Å². The predicted molar refractivity (Wildman–Crippen MR) is 102 cm³/mol. The molecule has 2 aliphatic rings. The highest BCUT2D eigenvalue weighted by Crippen LogP contribution is 2.48. The van der Waals surface area contributed by atoms with Gasteiger partial charge < -0.3 is 14.3 Å². The lowest BCUT2D eigenvalue weighted by atomic mass is 9.96. The first-order valence-electron chi connectivity index (χ1n) is 8.76. The highest BCUT2D eigenvalue weighted by atomic mass is 35.5. The standard InChI is InChI=1S/C21H17ClN2O3/c1-12-5-7-20(26-12)21-24-18(16-10-14(22)6-8-19(16)27-21)11-17(23-24)13-3-2-4-15(25)9-13/h2-10,18,21,25H,11H2,1H3/t18-,21+/m0/s1. The maximum absolute atomic E-state index is 9.83. The molecule has 0 saturated heterocycles. The molecule has 0 unspecified atom stereocenters. The van der Waals surface area contributed by atoms with Gasteiger partial charge in [0, 0.05) is 22.6 Å². The number of hydrazone groups is 1. The number of fused-ring (bicyclic) bond motifs is 3. The fourth-order valence-corrected chi connectivity index (χ4v) is 3.87. The molecule has 136 valence electrons. The van der Waals surface area contributed by atoms with Gasteiger partial charge in [-0.2, -0.15) is 5.10 Å². The molecule has 5 rings (SSSR count). The van der Waals surface area contributed by atoms with Crippen molar-refractivity contribution in [3.05, 3.63) is 82.3 Å². The topological polar surface area (TPSA) is 58.2 Å². The number of furan rings is 1. The number of aryl methyl sites for hydroxylation is 1. The summed E-state index contributed by atoms with van der Waals surface area (Å²) in [4.78, 5) is 0. The molecule has 1 N–H and O–H groups in total. The maximum Gasteiger partial charge on any atom is 0.246 e. The molecule has 0 radical (unpaired) electrons. The van der Waals surface area contributed by atoms with Gasteiger partial charge in [-0.05, 0) is 49.4 Å². The van der Waals surface area contributed by atoms with Crippen LogP contribution in [0, 0.1) is 6.92 Å². The Kier molecular flexibility index (Phi) is 3.65. The third kappa shape index (κ3) is 2.75. The molecule has 3 aromatic rings. The fraction of sp³-hybridized carbons (Fsp3) is 0.190. The molecule has 27 heavy (non-hydrogen) atoms. The van der Waals surface area contributed by atoms with Crippen molar-refractivity contribution in [1.29, 1.82) is 0 Å². The first kappa shape index (κ1) is 16.3. The summed E-state index contributed by atoms with van der Waals surface area (Å²) in [5.41, 5.74) is 2.78. The number of phenols is 1. The summed E-state index contributed by atoms with van der Waals surface area (Å²) >= 11 is 6.23. The zero-order chi connectivity index (χ0) is 18.5. The van der Waals surface area contributed by atoms with Gasteiger partial charge in [-0.1, -0.05) is 23.7 Å². The van der Waals surface area contributed by atoms with Crippen molar-refractivity contribution in [3.8, 4) is 11.5 Å². The smallest absolute Gasteiger partial charge is 0.246 e. The molecule has 2 atom stereocenters. The normalized spacial score (nSPS) is 20.7. The minimum absolute atomic E-state index is 0.0137. The van der Waals surface area contributed by atoms with Crippen molar-refractivity contribution in [3.63, 3.8) is 0 Å². The summed E-state index contributed by atoms with van der Waals surface area (Å²) in [5.74, 6) is 2.53. The van der Waals surface area contributed by atoms with Crippen molar-refractivity contribution < 1.29 is 14.3 Å². The Labute approximate surface area is 161 Å². The summed E-state index contributed by atoms with van der Waals surface area (Å²) in [6.07, 6.45) is 0.239. The molecular weight excluding hydrogens is 364 g/mol. The molecule has 0 fully saturated rings. The lowest BCUT2D eigenvalue weighted by Crippen LogP contribution is -2.33. The maximum atomic E-state index is 9.83. The summed E-state index contributed by atoms with van der Waals surface area (Å²) in [6.45, 7) is 1.91. The third-order valence-corrected chi connectivity index (χ3v) is 5.17. The van der Waals surface area contributed by atoms with E-state index in [1.807, 2.05) is 54.4 Å². The number of halogens is 1. The summed E-state index contributed by atoms with van der Waals surface area (Å²) in [5, 5.41) is 17.3. The van der Waals surface area contributed by atoms with E-state index < -0.39 is 6.23 Å². The molecule has 5 nitrogen and oxygen atoms in total. The minimum Gasteiger partial charge on any atom is -0.508 e. The van der Waals surface area contributed by atoms with Crippen molar-refractivity contribution in [1.82, 2.24) is 5.01 Å². The van der Waals surface area contributed by atoms with Crippen LogP contribution in [0.4, 0.5) is 0 Å². The molecule has 0 aliphatic carbocycles. The average Bonchev–Trinajstić information content (AvgIpc) is 3.28. The van der Waals surface area contributed by atoms with Crippen LogP contribution in [0.5, 0.6) is 11.5 Å². The molecule has 0 amide bonds. The van der Waals surface area contributed by atoms with Crippen LogP contribution in [0.1, 0.15) is 41.3 Å². The van der Waals surface area contributed by atoms with Crippen LogP contribution >= 0.6 is 11.6 Å². The largest absolute Gasteiger partial charge is 0.508 e. The molecule has 0 saturated carbocycles. The van der Waals surface area contributed by atoms with Crippen molar-refractivity contribution in [2.45, 2.75) is 25.6 Å². The van der Waals surface area contributed by atoms with Gasteiger partial charge in [-0.15, -0.1) is 0 Å². The van der Waals surface area contributed by atoms with Gasteiger partial charge in [-0.25, -0.2) is 5.01 Å². The Morgan fingerprint density at radius 2 is 2.04 bits per heavy atom. The van der Waals surface area contributed by atoms with E-state index in [-0.39, 0.29) is 11.8 Å². The van der Waals surface area contributed by atoms with Crippen LogP contribution in [0.2, 0.25) is 5.02 Å². The van der Waals surface area contributed by atoms with E-state index in [1.54, 1.807) is 12.1 Å². The van der Waals surface area contributed by atoms with Crippen LogP contribution in [0.15, 0.2) is 64.1 Å². The van der Waals surface area contributed by atoms with Crippen molar-refractivity contribution in [2.75, 3.05) is 0 Å². The zero-order valence-electron chi connectivity index (χ0n) is 14.6. The molecule has 3 heterocycles. The first-order chi connectivity index (χ1) is 13.1. The van der Waals surface area contributed by atoms with Crippen molar-refractivity contribution in [2.24, 2.45) is 5.10 Å². The average molecular weight is 381 g/mol. The molecule has 1 aromatic heterocycles. The van der Waals surface area contributed by atoms with Gasteiger partial charge in [0.1, 0.15) is 17.3 Å². The highest BCUT2D eigenvalue weighted by Gasteiger charge is 2.42. The van der Waals surface area contributed by atoms with Gasteiger partial charge >= 0.3 is 0 Å². The summed E-state index contributed by atoms with van der Waals surface area (Å²) in [6, 6.07) is 16.6. The van der Waals surface area contributed by atoms with Gasteiger partial charge in [0.15, 0.2) is 5.76 Å². The van der Waals surface area contributed by atoms with Crippen LogP contribution in [-0.2, 0) is 0 Å². The van der Waals surface area contributed by atoms with E-state index in [1.165, 1.54) is 0 Å². The number of ether oxygens (including phenoxy) is 1.